The highest BCUT2D eigenvalue weighted by Crippen LogP contribution is 2.28. The zero-order chi connectivity index (χ0) is 27.3. The summed E-state index contributed by atoms with van der Waals surface area (Å²) in [4.78, 5) is 26.3. The van der Waals surface area contributed by atoms with Crippen LogP contribution in [0.5, 0.6) is 0 Å². The van der Waals surface area contributed by atoms with Crippen LogP contribution in [-0.4, -0.2) is 46.0 Å². The summed E-state index contributed by atoms with van der Waals surface area (Å²) in [6.07, 6.45) is 1.84. The molecule has 1 saturated heterocycles. The second-order valence-corrected chi connectivity index (χ2v) is 11.4. The Morgan fingerprint density at radius 1 is 0.974 bits per heavy atom. The van der Waals surface area contributed by atoms with E-state index in [-0.39, 0.29) is 16.9 Å². The van der Waals surface area contributed by atoms with Gasteiger partial charge in [-0.2, -0.15) is 0 Å². The molecule has 38 heavy (non-hydrogen) atoms. The van der Waals surface area contributed by atoms with Crippen molar-refractivity contribution in [3.63, 3.8) is 0 Å². The smallest absolute Gasteiger partial charge is 0.264 e. The molecule has 1 atom stereocenters. The number of aryl methyl sites for hydroxylation is 3. The number of amides is 2. The summed E-state index contributed by atoms with van der Waals surface area (Å²) in [6.45, 7) is 6.15. The van der Waals surface area contributed by atoms with E-state index in [4.69, 9.17) is 4.74 Å². The molecule has 9 heteroatoms. The van der Waals surface area contributed by atoms with Crippen molar-refractivity contribution in [3.05, 3.63) is 89.0 Å². The van der Waals surface area contributed by atoms with Crippen LogP contribution in [0.2, 0.25) is 0 Å². The lowest BCUT2D eigenvalue weighted by Crippen LogP contribution is -2.39. The molecule has 8 nitrogen and oxygen atoms in total. The molecule has 4 rings (SSSR count). The summed E-state index contributed by atoms with van der Waals surface area (Å²) in [5.41, 5.74) is 3.52. The second-order valence-electron chi connectivity index (χ2n) is 9.55. The molecule has 0 aromatic heterocycles. The van der Waals surface area contributed by atoms with Gasteiger partial charge in [-0.1, -0.05) is 42.0 Å². The third kappa shape index (κ3) is 6.41. The Balaban J connectivity index is 1.59. The molecule has 3 aromatic carbocycles. The summed E-state index contributed by atoms with van der Waals surface area (Å²) in [6, 6.07) is 18.6. The number of hydrogen-bond donors (Lipinski definition) is 2. The van der Waals surface area contributed by atoms with E-state index in [2.05, 4.69) is 10.6 Å². The van der Waals surface area contributed by atoms with Crippen LogP contribution in [0.15, 0.2) is 71.6 Å². The van der Waals surface area contributed by atoms with Gasteiger partial charge in [-0.25, -0.2) is 8.42 Å². The molecule has 1 heterocycles. The minimum Gasteiger partial charge on any atom is -0.376 e. The standard InChI is InChI=1S/C29H33N3O5S/c1-20-11-14-24(15-12-20)38(35,36)32(27-17-21(2)10-13-22(27)3)19-28(33)31-26-9-5-4-8-25(26)29(34)30-18-23-7-6-16-37-23/h4-5,8-15,17,23H,6-7,16,18-19H2,1-3H3,(H,30,34)(H,31,33)/t23-/m1/s1. The summed E-state index contributed by atoms with van der Waals surface area (Å²) in [5, 5.41) is 5.61. The first kappa shape index (κ1) is 27.3. The predicted molar refractivity (Wildman–Crippen MR) is 148 cm³/mol. The van der Waals surface area contributed by atoms with Gasteiger partial charge in [0, 0.05) is 13.2 Å². The number of nitrogens with zero attached hydrogens (tertiary/aromatic N) is 1. The van der Waals surface area contributed by atoms with Crippen LogP contribution in [0.3, 0.4) is 0 Å². The van der Waals surface area contributed by atoms with Gasteiger partial charge in [0.2, 0.25) is 5.91 Å². The van der Waals surface area contributed by atoms with Gasteiger partial charge in [0.25, 0.3) is 15.9 Å². The van der Waals surface area contributed by atoms with Gasteiger partial charge in [0.1, 0.15) is 6.54 Å². The molecule has 0 aliphatic carbocycles. The fourth-order valence-electron chi connectivity index (χ4n) is 4.34. The Morgan fingerprint density at radius 2 is 1.68 bits per heavy atom. The predicted octanol–water partition coefficient (Wildman–Crippen LogP) is 4.35. The van der Waals surface area contributed by atoms with Gasteiger partial charge in [-0.3, -0.25) is 13.9 Å². The molecule has 1 aliphatic rings. The quantitative estimate of drug-likeness (QED) is 0.424. The van der Waals surface area contributed by atoms with Gasteiger partial charge in [0.05, 0.1) is 27.9 Å². The lowest BCUT2D eigenvalue weighted by atomic mass is 10.1. The van der Waals surface area contributed by atoms with Crippen molar-refractivity contribution in [2.75, 3.05) is 29.3 Å². The van der Waals surface area contributed by atoms with E-state index in [0.717, 1.165) is 28.3 Å². The summed E-state index contributed by atoms with van der Waals surface area (Å²) in [5.74, 6) is -0.906. The average Bonchev–Trinajstić information content (AvgIpc) is 3.42. The number of para-hydroxylation sites is 1. The van der Waals surface area contributed by atoms with Crippen LogP contribution in [0.1, 0.15) is 39.9 Å². The highest BCUT2D eigenvalue weighted by molar-refractivity contribution is 7.92. The van der Waals surface area contributed by atoms with Crippen LogP contribution in [0, 0.1) is 20.8 Å². The fraction of sp³-hybridized carbons (Fsp3) is 0.310. The van der Waals surface area contributed by atoms with Crippen molar-refractivity contribution in [1.82, 2.24) is 5.32 Å². The van der Waals surface area contributed by atoms with Crippen LogP contribution in [-0.2, 0) is 19.6 Å². The number of ether oxygens (including phenoxy) is 1. The van der Waals surface area contributed by atoms with Crippen molar-refractivity contribution in [2.45, 2.75) is 44.6 Å². The minimum atomic E-state index is -4.06. The summed E-state index contributed by atoms with van der Waals surface area (Å²) in [7, 11) is -4.06. The van der Waals surface area contributed by atoms with Gasteiger partial charge >= 0.3 is 0 Å². The lowest BCUT2D eigenvalue weighted by Gasteiger charge is -2.26. The number of rotatable bonds is 9. The Hall–Kier alpha value is -3.69. The van der Waals surface area contributed by atoms with Crippen molar-refractivity contribution < 1.29 is 22.7 Å². The highest BCUT2D eigenvalue weighted by Gasteiger charge is 2.29. The first-order valence-electron chi connectivity index (χ1n) is 12.6. The van der Waals surface area contributed by atoms with E-state index >= 15 is 0 Å². The zero-order valence-electron chi connectivity index (χ0n) is 21.9. The van der Waals surface area contributed by atoms with Crippen molar-refractivity contribution in [1.29, 1.82) is 0 Å². The average molecular weight is 536 g/mol. The van der Waals surface area contributed by atoms with Crippen LogP contribution in [0.25, 0.3) is 0 Å². The molecule has 2 amide bonds. The first-order valence-corrected chi connectivity index (χ1v) is 14.0. The van der Waals surface area contributed by atoms with Gasteiger partial charge < -0.3 is 15.4 Å². The number of hydrogen-bond acceptors (Lipinski definition) is 5. The molecule has 2 N–H and O–H groups in total. The van der Waals surface area contributed by atoms with E-state index < -0.39 is 22.5 Å². The van der Waals surface area contributed by atoms with Crippen molar-refractivity contribution in [3.8, 4) is 0 Å². The van der Waals surface area contributed by atoms with E-state index in [1.54, 1.807) is 49.4 Å². The Labute approximate surface area is 224 Å². The maximum absolute atomic E-state index is 13.8. The minimum absolute atomic E-state index is 0.0150. The van der Waals surface area contributed by atoms with E-state index in [1.807, 2.05) is 26.0 Å². The van der Waals surface area contributed by atoms with Crippen molar-refractivity contribution >= 4 is 33.2 Å². The summed E-state index contributed by atoms with van der Waals surface area (Å²) < 4.78 is 34.2. The third-order valence-corrected chi connectivity index (χ3v) is 8.26. The monoisotopic (exact) mass is 535 g/mol. The maximum Gasteiger partial charge on any atom is 0.264 e. The molecule has 0 unspecified atom stereocenters. The molecule has 0 spiro atoms. The number of carbonyl (C=O) groups is 2. The van der Waals surface area contributed by atoms with Crippen LogP contribution in [0.4, 0.5) is 11.4 Å². The number of anilines is 2. The molecule has 0 saturated carbocycles. The molecule has 1 fully saturated rings. The molecule has 0 bridgehead atoms. The number of carbonyl (C=O) groups excluding carboxylic acids is 2. The van der Waals surface area contributed by atoms with E-state index in [0.29, 0.717) is 35.7 Å². The van der Waals surface area contributed by atoms with Gasteiger partial charge in [-0.05, 0) is 75.1 Å². The molecular formula is C29H33N3O5S. The lowest BCUT2D eigenvalue weighted by molar-refractivity contribution is -0.114. The fourth-order valence-corrected chi connectivity index (χ4v) is 5.82. The molecule has 1 aliphatic heterocycles. The van der Waals surface area contributed by atoms with E-state index in [9.17, 15) is 18.0 Å². The maximum atomic E-state index is 13.8. The largest absolute Gasteiger partial charge is 0.376 e. The van der Waals surface area contributed by atoms with Crippen LogP contribution >= 0.6 is 0 Å². The molecule has 0 radical (unpaired) electrons. The Kier molecular flexibility index (Phi) is 8.48. The van der Waals surface area contributed by atoms with Gasteiger partial charge in [0.15, 0.2) is 0 Å². The number of nitrogens with one attached hydrogen (secondary N) is 2. The first-order chi connectivity index (χ1) is 18.1. The second kappa shape index (κ2) is 11.8. The van der Waals surface area contributed by atoms with E-state index in [1.165, 1.54) is 12.1 Å². The SMILES string of the molecule is Cc1ccc(S(=O)(=O)N(CC(=O)Nc2ccccc2C(=O)NC[C@H]2CCCO2)c2cc(C)ccc2C)cc1. The highest BCUT2D eigenvalue weighted by atomic mass is 32.2. The molecular weight excluding hydrogens is 502 g/mol. The zero-order valence-corrected chi connectivity index (χ0v) is 22.7. The normalized spacial score (nSPS) is 15.2. The van der Waals surface area contributed by atoms with Crippen LogP contribution < -0.4 is 14.9 Å². The molecule has 200 valence electrons. The van der Waals surface area contributed by atoms with Gasteiger partial charge in [-0.15, -0.1) is 0 Å². The number of sulfonamides is 1. The Morgan fingerprint density at radius 3 is 2.39 bits per heavy atom. The van der Waals surface area contributed by atoms with Crippen molar-refractivity contribution in [2.24, 2.45) is 0 Å². The Bertz CT molecular complexity index is 1410. The molecule has 3 aromatic rings. The topological polar surface area (TPSA) is 105 Å². The third-order valence-electron chi connectivity index (χ3n) is 6.49. The summed E-state index contributed by atoms with van der Waals surface area (Å²) >= 11 is 0. The number of benzene rings is 3.